The van der Waals surface area contributed by atoms with Crippen molar-refractivity contribution in [1.29, 1.82) is 0 Å². The lowest BCUT2D eigenvalue weighted by atomic mass is 9.98. The van der Waals surface area contributed by atoms with Gasteiger partial charge in [0, 0.05) is 24.2 Å². The first-order valence-electron chi connectivity index (χ1n) is 9.60. The largest absolute Gasteiger partial charge is 0.328 e. The summed E-state index contributed by atoms with van der Waals surface area (Å²) in [6.45, 7) is 4.42. The van der Waals surface area contributed by atoms with Crippen LogP contribution in [0.3, 0.4) is 0 Å². The van der Waals surface area contributed by atoms with E-state index < -0.39 is 0 Å². The summed E-state index contributed by atoms with van der Waals surface area (Å²) in [6, 6.07) is 16.3. The second kappa shape index (κ2) is 8.83. The van der Waals surface area contributed by atoms with Crippen LogP contribution < -0.4 is 11.2 Å². The second-order valence-corrected chi connectivity index (χ2v) is 7.32. The molecule has 0 aliphatic carbocycles. The van der Waals surface area contributed by atoms with Crippen LogP contribution in [0.1, 0.15) is 48.6 Å². The van der Waals surface area contributed by atoms with E-state index in [2.05, 4.69) is 4.98 Å². The van der Waals surface area contributed by atoms with Gasteiger partial charge in [0.2, 0.25) is 0 Å². The normalized spacial score (nSPS) is 11.1. The number of aromatic nitrogens is 2. The van der Waals surface area contributed by atoms with Gasteiger partial charge < -0.3 is 0 Å². The van der Waals surface area contributed by atoms with Crippen LogP contribution in [0.15, 0.2) is 64.2 Å². The molecule has 0 fully saturated rings. The van der Waals surface area contributed by atoms with E-state index in [1.807, 2.05) is 44.2 Å². The van der Waals surface area contributed by atoms with Gasteiger partial charge in [0.25, 0.3) is 5.56 Å². The monoisotopic (exact) mass is 380 g/mol. The molecule has 1 aromatic heterocycles. The van der Waals surface area contributed by atoms with Crippen molar-refractivity contribution in [2.45, 2.75) is 45.6 Å². The third-order valence-electron chi connectivity index (χ3n) is 4.90. The number of nitrogens with zero attached hydrogens (tertiary/aromatic N) is 1. The molecule has 1 heterocycles. The molecule has 3 rings (SSSR count). The number of halogens is 1. The second-order valence-electron chi connectivity index (χ2n) is 7.32. The van der Waals surface area contributed by atoms with Crippen LogP contribution in [0.25, 0.3) is 0 Å². The molecule has 3 aromatic rings. The molecule has 0 aliphatic heterocycles. The Bertz CT molecular complexity index is 1030. The Balaban J connectivity index is 1.92. The van der Waals surface area contributed by atoms with E-state index in [4.69, 9.17) is 0 Å². The third-order valence-corrected chi connectivity index (χ3v) is 4.90. The fourth-order valence-corrected chi connectivity index (χ4v) is 3.54. The molecule has 0 bridgehead atoms. The highest BCUT2D eigenvalue weighted by atomic mass is 19.1. The number of rotatable bonds is 7. The SMILES string of the molecule is CC(C)c1c(Cc2ccccc2)n(CCCc2ccc(F)cc2)c(=O)[nH]c1=O. The molecule has 0 atom stereocenters. The van der Waals surface area contributed by atoms with Gasteiger partial charge in [-0.1, -0.05) is 56.3 Å². The molecule has 28 heavy (non-hydrogen) atoms. The van der Waals surface area contributed by atoms with Crippen LogP contribution in [0, 0.1) is 5.82 Å². The fourth-order valence-electron chi connectivity index (χ4n) is 3.54. The zero-order valence-corrected chi connectivity index (χ0v) is 16.2. The van der Waals surface area contributed by atoms with Gasteiger partial charge in [-0.15, -0.1) is 0 Å². The molecular weight excluding hydrogens is 355 g/mol. The standard InChI is InChI=1S/C23H25FN2O2/c1-16(2)21-20(15-18-7-4-3-5-8-18)26(23(28)25-22(21)27)14-6-9-17-10-12-19(24)13-11-17/h3-5,7-8,10-13,16H,6,9,14-15H2,1-2H3,(H,25,27,28). The lowest BCUT2D eigenvalue weighted by Gasteiger charge is -2.18. The lowest BCUT2D eigenvalue weighted by Crippen LogP contribution is -2.36. The first kappa shape index (κ1) is 19.8. The van der Waals surface area contributed by atoms with Gasteiger partial charge in [-0.05, 0) is 42.0 Å². The van der Waals surface area contributed by atoms with Crippen LogP contribution in [-0.4, -0.2) is 9.55 Å². The van der Waals surface area contributed by atoms with Crippen molar-refractivity contribution in [3.05, 3.63) is 104 Å². The van der Waals surface area contributed by atoms with Crippen LogP contribution in [-0.2, 0) is 19.4 Å². The summed E-state index contributed by atoms with van der Waals surface area (Å²) in [4.78, 5) is 27.5. The Kier molecular flexibility index (Phi) is 6.24. The molecule has 146 valence electrons. The van der Waals surface area contributed by atoms with E-state index in [9.17, 15) is 14.0 Å². The van der Waals surface area contributed by atoms with E-state index >= 15 is 0 Å². The molecule has 0 saturated carbocycles. The minimum absolute atomic E-state index is 0.00594. The molecule has 0 aliphatic rings. The first-order chi connectivity index (χ1) is 13.5. The molecule has 0 saturated heterocycles. The maximum absolute atomic E-state index is 13.1. The summed E-state index contributed by atoms with van der Waals surface area (Å²) < 4.78 is 14.8. The predicted octanol–water partition coefficient (Wildman–Crippen LogP) is 4.02. The number of hydrogen-bond donors (Lipinski definition) is 1. The number of aromatic amines is 1. The van der Waals surface area contributed by atoms with Crippen LogP contribution in [0.2, 0.25) is 0 Å². The first-order valence-corrected chi connectivity index (χ1v) is 9.60. The molecule has 1 N–H and O–H groups in total. The maximum atomic E-state index is 13.1. The molecule has 0 unspecified atom stereocenters. The maximum Gasteiger partial charge on any atom is 0.328 e. The topological polar surface area (TPSA) is 54.9 Å². The highest BCUT2D eigenvalue weighted by molar-refractivity contribution is 5.29. The number of H-pyrrole nitrogens is 1. The van der Waals surface area contributed by atoms with Crippen molar-refractivity contribution < 1.29 is 4.39 Å². The minimum Gasteiger partial charge on any atom is -0.297 e. The van der Waals surface area contributed by atoms with E-state index in [1.165, 1.54) is 12.1 Å². The molecule has 4 nitrogen and oxygen atoms in total. The van der Waals surface area contributed by atoms with Crippen LogP contribution in [0.4, 0.5) is 4.39 Å². The Hall–Kier alpha value is -2.95. The van der Waals surface area contributed by atoms with Crippen molar-refractivity contribution in [2.24, 2.45) is 0 Å². The average molecular weight is 380 g/mol. The highest BCUT2D eigenvalue weighted by Gasteiger charge is 2.17. The van der Waals surface area contributed by atoms with E-state index in [0.29, 0.717) is 18.5 Å². The third kappa shape index (κ3) is 4.66. The quantitative estimate of drug-likeness (QED) is 0.673. The van der Waals surface area contributed by atoms with Crippen molar-refractivity contribution in [1.82, 2.24) is 9.55 Å². The van der Waals surface area contributed by atoms with Gasteiger partial charge in [0.05, 0.1) is 0 Å². The summed E-state index contributed by atoms with van der Waals surface area (Å²) >= 11 is 0. The summed E-state index contributed by atoms with van der Waals surface area (Å²) in [6.07, 6.45) is 1.98. The molecular formula is C23H25FN2O2. The van der Waals surface area contributed by atoms with Gasteiger partial charge in [-0.3, -0.25) is 14.3 Å². The van der Waals surface area contributed by atoms with Crippen molar-refractivity contribution in [3.63, 3.8) is 0 Å². The van der Waals surface area contributed by atoms with Crippen LogP contribution in [0.5, 0.6) is 0 Å². The smallest absolute Gasteiger partial charge is 0.297 e. The predicted molar refractivity (Wildman–Crippen MR) is 109 cm³/mol. The summed E-state index contributed by atoms with van der Waals surface area (Å²) in [5, 5.41) is 0. The van der Waals surface area contributed by atoms with Gasteiger partial charge in [-0.25, -0.2) is 9.18 Å². The highest BCUT2D eigenvalue weighted by Crippen LogP contribution is 2.18. The number of nitrogens with one attached hydrogen (secondary N) is 1. The van der Waals surface area contributed by atoms with Crippen molar-refractivity contribution >= 4 is 0 Å². The van der Waals surface area contributed by atoms with Gasteiger partial charge in [0.1, 0.15) is 5.82 Å². The Morgan fingerprint density at radius 3 is 2.29 bits per heavy atom. The Morgan fingerprint density at radius 2 is 1.64 bits per heavy atom. The summed E-state index contributed by atoms with van der Waals surface area (Å²) in [5.41, 5.74) is 2.83. The van der Waals surface area contributed by atoms with Gasteiger partial charge >= 0.3 is 5.69 Å². The average Bonchev–Trinajstić information content (AvgIpc) is 2.66. The summed E-state index contributed by atoms with van der Waals surface area (Å²) in [7, 11) is 0. The Morgan fingerprint density at radius 1 is 0.964 bits per heavy atom. The van der Waals surface area contributed by atoms with Crippen molar-refractivity contribution in [3.8, 4) is 0 Å². The molecule has 0 spiro atoms. The molecule has 0 amide bonds. The lowest BCUT2D eigenvalue weighted by molar-refractivity contribution is 0.568. The molecule has 5 heteroatoms. The van der Waals surface area contributed by atoms with Crippen molar-refractivity contribution in [2.75, 3.05) is 0 Å². The number of aryl methyl sites for hydroxylation is 1. The zero-order valence-electron chi connectivity index (χ0n) is 16.2. The van der Waals surface area contributed by atoms with Gasteiger partial charge in [-0.2, -0.15) is 0 Å². The minimum atomic E-state index is -0.376. The van der Waals surface area contributed by atoms with E-state index in [-0.39, 0.29) is 23.0 Å². The fraction of sp³-hybridized carbons (Fsp3) is 0.304. The Labute approximate surface area is 163 Å². The van der Waals surface area contributed by atoms with Gasteiger partial charge in [0.15, 0.2) is 0 Å². The van der Waals surface area contributed by atoms with E-state index in [1.54, 1.807) is 16.7 Å². The molecule has 0 radical (unpaired) electrons. The molecule has 2 aromatic carbocycles. The van der Waals surface area contributed by atoms with Crippen LogP contribution >= 0.6 is 0 Å². The number of hydrogen-bond acceptors (Lipinski definition) is 2. The zero-order chi connectivity index (χ0) is 20.1. The number of benzene rings is 2. The van der Waals surface area contributed by atoms with E-state index in [0.717, 1.165) is 29.7 Å². The summed E-state index contributed by atoms with van der Waals surface area (Å²) in [5.74, 6) is -0.251.